The van der Waals surface area contributed by atoms with Gasteiger partial charge >= 0.3 is 0 Å². The van der Waals surface area contributed by atoms with Crippen LogP contribution in [0.5, 0.6) is 0 Å². The molecule has 7 heteroatoms. The molecule has 1 aliphatic rings. The lowest BCUT2D eigenvalue weighted by molar-refractivity contribution is 0.563. The molecule has 98 valence electrons. The molecule has 0 amide bonds. The number of benzene rings is 1. The lowest BCUT2D eigenvalue weighted by atomic mass is 10.2. The molecule has 1 aromatic carbocycles. The van der Waals surface area contributed by atoms with Crippen molar-refractivity contribution in [2.75, 3.05) is 11.5 Å². The highest BCUT2D eigenvalue weighted by atomic mass is 32.2. The quantitative estimate of drug-likeness (QED) is 0.815. The molecule has 2 heterocycles. The first-order valence-electron chi connectivity index (χ1n) is 5.85. The van der Waals surface area contributed by atoms with Crippen molar-refractivity contribution in [2.24, 2.45) is 0 Å². The summed E-state index contributed by atoms with van der Waals surface area (Å²) in [6.07, 6.45) is 0.570. The lowest BCUT2D eigenvalue weighted by Gasteiger charge is -2.11. The van der Waals surface area contributed by atoms with Gasteiger partial charge in [-0.25, -0.2) is 8.42 Å². The van der Waals surface area contributed by atoms with Gasteiger partial charge in [0.15, 0.2) is 14.6 Å². The standard InChI is InChI=1S/C12H11N3O2S2/c13-6-8-1-2-10-11(5-8)15(12(18)14-10)9-3-4-19(16,17)7-9/h1-2,5,9H,3-4,7H2,(H,14,18). The zero-order valence-corrected chi connectivity index (χ0v) is 11.6. The smallest absolute Gasteiger partial charge is 0.178 e. The van der Waals surface area contributed by atoms with Crippen molar-refractivity contribution in [1.82, 2.24) is 9.55 Å². The second kappa shape index (κ2) is 4.18. The Morgan fingerprint density at radius 1 is 1.47 bits per heavy atom. The normalized spacial score (nSPS) is 21.5. The van der Waals surface area contributed by atoms with E-state index < -0.39 is 9.84 Å². The summed E-state index contributed by atoms with van der Waals surface area (Å²) in [6, 6.07) is 7.19. The summed E-state index contributed by atoms with van der Waals surface area (Å²) >= 11 is 5.27. The Bertz CT molecular complexity index is 855. The van der Waals surface area contributed by atoms with Gasteiger partial charge in [0.25, 0.3) is 0 Å². The van der Waals surface area contributed by atoms with Crippen LogP contribution in [0.25, 0.3) is 11.0 Å². The van der Waals surface area contributed by atoms with E-state index in [2.05, 4.69) is 11.1 Å². The minimum absolute atomic E-state index is 0.116. The molecule has 2 aromatic rings. The lowest BCUT2D eigenvalue weighted by Crippen LogP contribution is -2.11. The van der Waals surface area contributed by atoms with Crippen LogP contribution in [0, 0.1) is 16.1 Å². The third kappa shape index (κ3) is 2.07. The fourth-order valence-corrected chi connectivity index (χ4v) is 4.59. The number of hydrogen-bond acceptors (Lipinski definition) is 4. The van der Waals surface area contributed by atoms with E-state index in [9.17, 15) is 8.42 Å². The molecule has 0 saturated carbocycles. The van der Waals surface area contributed by atoms with E-state index in [0.717, 1.165) is 11.0 Å². The highest BCUT2D eigenvalue weighted by Crippen LogP contribution is 2.28. The van der Waals surface area contributed by atoms with Gasteiger partial charge in [0.1, 0.15) is 0 Å². The molecule has 5 nitrogen and oxygen atoms in total. The summed E-state index contributed by atoms with van der Waals surface area (Å²) in [5.74, 6) is 0.315. The van der Waals surface area contributed by atoms with E-state index in [1.807, 2.05) is 4.57 Å². The van der Waals surface area contributed by atoms with Crippen LogP contribution in [0.3, 0.4) is 0 Å². The van der Waals surface area contributed by atoms with Crippen molar-refractivity contribution in [3.8, 4) is 6.07 Å². The van der Waals surface area contributed by atoms with Crippen LogP contribution in [-0.4, -0.2) is 29.5 Å². The van der Waals surface area contributed by atoms with Gasteiger partial charge in [-0.2, -0.15) is 5.26 Å². The number of H-pyrrole nitrogens is 1. The average molecular weight is 293 g/mol. The van der Waals surface area contributed by atoms with Gasteiger partial charge in [0.2, 0.25) is 0 Å². The number of hydrogen-bond donors (Lipinski definition) is 1. The number of fused-ring (bicyclic) bond motifs is 1. The Hall–Kier alpha value is -1.65. The summed E-state index contributed by atoms with van der Waals surface area (Å²) in [6.45, 7) is 0. The molecule has 1 aliphatic heterocycles. The predicted molar refractivity (Wildman–Crippen MR) is 74.1 cm³/mol. The van der Waals surface area contributed by atoms with E-state index in [4.69, 9.17) is 17.5 Å². The zero-order chi connectivity index (χ0) is 13.6. The highest BCUT2D eigenvalue weighted by Gasteiger charge is 2.30. The molecule has 1 fully saturated rings. The molecular formula is C12H11N3O2S2. The first-order valence-corrected chi connectivity index (χ1v) is 8.08. The van der Waals surface area contributed by atoms with Crippen LogP contribution in [0.1, 0.15) is 18.0 Å². The number of sulfone groups is 1. The van der Waals surface area contributed by atoms with Crippen LogP contribution in [0.15, 0.2) is 18.2 Å². The molecule has 1 saturated heterocycles. The third-order valence-electron chi connectivity index (χ3n) is 3.42. The number of rotatable bonds is 1. The van der Waals surface area contributed by atoms with Crippen molar-refractivity contribution >= 4 is 33.1 Å². The van der Waals surface area contributed by atoms with E-state index >= 15 is 0 Å². The Morgan fingerprint density at radius 2 is 2.26 bits per heavy atom. The van der Waals surface area contributed by atoms with Crippen LogP contribution in [-0.2, 0) is 9.84 Å². The second-order valence-corrected chi connectivity index (χ2v) is 7.32. The van der Waals surface area contributed by atoms with E-state index in [-0.39, 0.29) is 17.5 Å². The minimum Gasteiger partial charge on any atom is -0.331 e. The molecular weight excluding hydrogens is 282 g/mol. The first kappa shape index (κ1) is 12.4. The molecule has 1 unspecified atom stereocenters. The molecule has 3 rings (SSSR count). The van der Waals surface area contributed by atoms with Gasteiger partial charge in [0, 0.05) is 0 Å². The van der Waals surface area contributed by atoms with E-state index in [0.29, 0.717) is 16.8 Å². The summed E-state index contributed by atoms with van der Waals surface area (Å²) in [4.78, 5) is 3.06. The maximum Gasteiger partial charge on any atom is 0.178 e. The number of imidazole rings is 1. The van der Waals surface area contributed by atoms with Crippen LogP contribution >= 0.6 is 12.2 Å². The first-order chi connectivity index (χ1) is 9.00. The number of aromatic amines is 1. The maximum atomic E-state index is 11.6. The second-order valence-electron chi connectivity index (χ2n) is 4.70. The molecule has 0 aliphatic carbocycles. The topological polar surface area (TPSA) is 78.7 Å². The van der Waals surface area contributed by atoms with Crippen molar-refractivity contribution < 1.29 is 8.42 Å². The minimum atomic E-state index is -2.97. The van der Waals surface area contributed by atoms with Crippen LogP contribution in [0.2, 0.25) is 0 Å². The number of nitrogens with zero attached hydrogens (tertiary/aromatic N) is 2. The zero-order valence-electron chi connectivity index (χ0n) is 9.96. The Kier molecular flexibility index (Phi) is 2.73. The van der Waals surface area contributed by atoms with Crippen molar-refractivity contribution in [3.63, 3.8) is 0 Å². The maximum absolute atomic E-state index is 11.6. The summed E-state index contributed by atoms with van der Waals surface area (Å²) in [5, 5.41) is 8.95. The Balaban J connectivity index is 2.21. The van der Waals surface area contributed by atoms with E-state index in [1.165, 1.54) is 0 Å². The third-order valence-corrected chi connectivity index (χ3v) is 5.47. The summed E-state index contributed by atoms with van der Waals surface area (Å²) in [7, 11) is -2.97. The number of nitrogens with one attached hydrogen (secondary N) is 1. The van der Waals surface area contributed by atoms with Gasteiger partial charge in [-0.1, -0.05) is 0 Å². The Labute approximate surface area is 115 Å². The number of aromatic nitrogens is 2. The highest BCUT2D eigenvalue weighted by molar-refractivity contribution is 7.91. The van der Waals surface area contributed by atoms with Gasteiger partial charge in [-0.3, -0.25) is 0 Å². The molecule has 19 heavy (non-hydrogen) atoms. The SMILES string of the molecule is N#Cc1ccc2[nH]c(=S)n(C3CCS(=O)(=O)C3)c2c1. The van der Waals surface area contributed by atoms with Crippen LogP contribution < -0.4 is 0 Å². The molecule has 1 aromatic heterocycles. The van der Waals surface area contributed by atoms with Crippen molar-refractivity contribution in [1.29, 1.82) is 5.26 Å². The van der Waals surface area contributed by atoms with Gasteiger partial charge in [-0.15, -0.1) is 0 Å². The van der Waals surface area contributed by atoms with Gasteiger partial charge in [-0.05, 0) is 36.8 Å². The Morgan fingerprint density at radius 3 is 2.89 bits per heavy atom. The van der Waals surface area contributed by atoms with Crippen molar-refractivity contribution in [3.05, 3.63) is 28.5 Å². The summed E-state index contributed by atoms with van der Waals surface area (Å²) in [5.41, 5.74) is 2.16. The molecule has 0 spiro atoms. The summed E-state index contributed by atoms with van der Waals surface area (Å²) < 4.78 is 25.5. The van der Waals surface area contributed by atoms with Gasteiger partial charge in [0.05, 0.1) is 40.2 Å². The monoisotopic (exact) mass is 293 g/mol. The van der Waals surface area contributed by atoms with Gasteiger partial charge < -0.3 is 9.55 Å². The average Bonchev–Trinajstić information content (AvgIpc) is 2.87. The van der Waals surface area contributed by atoms with Crippen molar-refractivity contribution in [2.45, 2.75) is 12.5 Å². The fraction of sp³-hybridized carbons (Fsp3) is 0.333. The predicted octanol–water partition coefficient (Wildman–Crippen LogP) is 1.93. The molecule has 0 radical (unpaired) electrons. The molecule has 0 bridgehead atoms. The molecule has 1 N–H and O–H groups in total. The molecule has 1 atom stereocenters. The fourth-order valence-electron chi connectivity index (χ4n) is 2.53. The number of nitriles is 1. The largest absolute Gasteiger partial charge is 0.331 e. The van der Waals surface area contributed by atoms with Crippen LogP contribution in [0.4, 0.5) is 0 Å². The van der Waals surface area contributed by atoms with E-state index in [1.54, 1.807) is 18.2 Å².